The van der Waals surface area contributed by atoms with Crippen molar-refractivity contribution >= 4 is 5.52 Å². The van der Waals surface area contributed by atoms with Gasteiger partial charge >= 0.3 is 0 Å². The smallest absolute Gasteiger partial charge is 0.254 e. The van der Waals surface area contributed by atoms with Crippen molar-refractivity contribution < 1.29 is 17.0 Å². The summed E-state index contributed by atoms with van der Waals surface area (Å²) in [6.45, 7) is 13.4. The van der Waals surface area contributed by atoms with E-state index in [-0.39, 0.29) is 12.4 Å². The van der Waals surface area contributed by atoms with Gasteiger partial charge in [-0.3, -0.25) is 0 Å². The number of para-hydroxylation sites is 1. The Morgan fingerprint density at radius 3 is 1.90 bits per heavy atom. The maximum absolute atomic E-state index is 2.33. The number of hydrogen-bond acceptors (Lipinski definition) is 0. The van der Waals surface area contributed by atoms with E-state index in [1.807, 2.05) is 0 Å². The van der Waals surface area contributed by atoms with E-state index in [1.54, 1.807) is 0 Å². The quantitative estimate of drug-likeness (QED) is 0.446. The molecule has 0 aliphatic rings. The van der Waals surface area contributed by atoms with Gasteiger partial charge in [0.05, 0.1) is 0 Å². The predicted octanol–water partition coefficient (Wildman–Crippen LogP) is 3.75. The zero-order valence-corrected chi connectivity index (χ0v) is 19.5. The fourth-order valence-electron chi connectivity index (χ4n) is 4.36. The Morgan fingerprint density at radius 1 is 0.767 bits per heavy atom. The lowest BCUT2D eigenvalue weighted by Crippen LogP contribution is -3.00. The largest absolute Gasteiger partial charge is 1.00 e. The van der Waals surface area contributed by atoms with E-state index in [2.05, 4.69) is 118 Å². The van der Waals surface area contributed by atoms with Gasteiger partial charge in [0.15, 0.2) is 5.52 Å². The minimum atomic E-state index is 0. The molecule has 0 spiro atoms. The second-order valence-corrected chi connectivity index (χ2v) is 8.83. The Hall–Kier alpha value is -2.58. The third kappa shape index (κ3) is 4.02. The van der Waals surface area contributed by atoms with Crippen molar-refractivity contribution in [2.75, 3.05) is 0 Å². The van der Waals surface area contributed by atoms with E-state index in [4.69, 9.17) is 0 Å². The van der Waals surface area contributed by atoms with E-state index < -0.39 is 0 Å². The number of imidazole rings is 1. The molecule has 0 amide bonds. The topological polar surface area (TPSA) is 8.29 Å². The summed E-state index contributed by atoms with van der Waals surface area (Å²) in [5.41, 5.74) is 10.4. The maximum atomic E-state index is 2.33. The summed E-state index contributed by atoms with van der Waals surface area (Å²) in [6, 6.07) is 20.1. The number of fused-ring (bicyclic) bond motifs is 1. The molecule has 2 aromatic heterocycles. The molecule has 2 nitrogen and oxygen atoms in total. The van der Waals surface area contributed by atoms with Gasteiger partial charge in [-0.1, -0.05) is 69.2 Å². The van der Waals surface area contributed by atoms with Crippen molar-refractivity contribution in [1.82, 2.24) is 4.40 Å². The molecule has 0 saturated heterocycles. The molecule has 4 aromatic rings. The third-order valence-corrected chi connectivity index (χ3v) is 5.69. The number of halogens is 1. The molecule has 0 atom stereocenters. The minimum Gasteiger partial charge on any atom is -1.00 e. The van der Waals surface area contributed by atoms with Gasteiger partial charge in [-0.25, -0.2) is 4.57 Å². The van der Waals surface area contributed by atoms with Crippen molar-refractivity contribution in [2.45, 2.75) is 53.4 Å². The van der Waals surface area contributed by atoms with Crippen molar-refractivity contribution in [3.05, 3.63) is 89.4 Å². The number of benzene rings is 2. The molecule has 156 valence electrons. The average molecular weight is 419 g/mol. The fourth-order valence-corrected chi connectivity index (χ4v) is 4.36. The number of aryl methyl sites for hydroxylation is 2. The molecule has 0 aliphatic heterocycles. The van der Waals surface area contributed by atoms with Crippen LogP contribution in [0.3, 0.4) is 0 Å². The zero-order valence-electron chi connectivity index (χ0n) is 18.8. The van der Waals surface area contributed by atoms with E-state index in [9.17, 15) is 0 Å². The highest BCUT2D eigenvalue weighted by Crippen LogP contribution is 2.29. The predicted molar refractivity (Wildman–Crippen MR) is 122 cm³/mol. The summed E-state index contributed by atoms with van der Waals surface area (Å²) in [6.07, 6.45) is 4.51. The summed E-state index contributed by atoms with van der Waals surface area (Å²) in [4.78, 5) is 0. The first-order valence-electron chi connectivity index (χ1n) is 10.6. The monoisotopic (exact) mass is 418 g/mol. The van der Waals surface area contributed by atoms with Crippen LogP contribution in [0.4, 0.5) is 0 Å². The van der Waals surface area contributed by atoms with Gasteiger partial charge in [-0.15, -0.1) is 0 Å². The third-order valence-electron chi connectivity index (χ3n) is 5.69. The van der Waals surface area contributed by atoms with Crippen molar-refractivity contribution in [2.24, 2.45) is 0 Å². The summed E-state index contributed by atoms with van der Waals surface area (Å²) < 4.78 is 4.64. The Bertz CT molecular complexity index is 1140. The Morgan fingerprint density at radius 2 is 1.33 bits per heavy atom. The molecule has 30 heavy (non-hydrogen) atoms. The average Bonchev–Trinajstić information content (AvgIpc) is 3.10. The van der Waals surface area contributed by atoms with Crippen LogP contribution in [0.25, 0.3) is 22.5 Å². The molecular weight excluding hydrogens is 388 g/mol. The molecular formula is C27H31ClN2. The molecule has 0 N–H and O–H groups in total. The highest BCUT2D eigenvalue weighted by molar-refractivity contribution is 5.66. The second kappa shape index (κ2) is 8.65. The number of hydrogen-bond donors (Lipinski definition) is 0. The van der Waals surface area contributed by atoms with Crippen LogP contribution in [0, 0.1) is 13.8 Å². The van der Waals surface area contributed by atoms with E-state index >= 15 is 0 Å². The number of pyridine rings is 1. The lowest BCUT2D eigenvalue weighted by molar-refractivity contribution is -0.595. The molecule has 0 bridgehead atoms. The molecule has 2 heterocycles. The highest BCUT2D eigenvalue weighted by atomic mass is 35.5. The first-order valence-corrected chi connectivity index (χ1v) is 10.6. The van der Waals surface area contributed by atoms with E-state index in [0.717, 1.165) is 0 Å². The molecule has 4 rings (SSSR count). The minimum absolute atomic E-state index is 0. The lowest BCUT2D eigenvalue weighted by Gasteiger charge is -2.16. The number of rotatable bonds is 4. The Balaban J connectivity index is 0.00000256. The maximum Gasteiger partial charge on any atom is 0.254 e. The van der Waals surface area contributed by atoms with Gasteiger partial charge in [-0.05, 0) is 49.9 Å². The van der Waals surface area contributed by atoms with Crippen LogP contribution in [0.2, 0.25) is 0 Å². The normalized spacial score (nSPS) is 11.3. The van der Waals surface area contributed by atoms with Gasteiger partial charge in [0.2, 0.25) is 0 Å². The standard InChI is InChI=1S/C27H31N2.ClH/c1-18(2)24-10-8-11-25(19(3)4)27(24)28-16-23-9-7-12-26(29(23)17-28)22-14-20(5)13-21(6)15-22;/h7-19H,1-6H3;1H/q+1;/p-1. The Labute approximate surface area is 186 Å². The number of nitrogens with zero attached hydrogens (tertiary/aromatic N) is 2. The molecule has 3 heteroatoms. The van der Waals surface area contributed by atoms with Crippen LogP contribution in [-0.2, 0) is 0 Å². The summed E-state index contributed by atoms with van der Waals surface area (Å²) in [7, 11) is 0. The first kappa shape index (κ1) is 22.1. The van der Waals surface area contributed by atoms with Crippen LogP contribution in [0.15, 0.2) is 67.1 Å². The fraction of sp³-hybridized carbons (Fsp3) is 0.296. The van der Waals surface area contributed by atoms with Gasteiger partial charge in [-0.2, -0.15) is 4.40 Å². The van der Waals surface area contributed by atoms with Crippen LogP contribution in [-0.4, -0.2) is 4.40 Å². The van der Waals surface area contributed by atoms with Crippen LogP contribution in [0.5, 0.6) is 0 Å². The van der Waals surface area contributed by atoms with Gasteiger partial charge in [0.25, 0.3) is 6.33 Å². The van der Waals surface area contributed by atoms with Crippen LogP contribution < -0.4 is 17.0 Å². The second-order valence-electron chi connectivity index (χ2n) is 8.83. The van der Waals surface area contributed by atoms with Gasteiger partial charge in [0.1, 0.15) is 17.6 Å². The molecule has 2 aromatic carbocycles. The SMILES string of the molecule is Cc1cc(C)cc(-c2cccc3c[n+](-c4c(C(C)C)cccc4C(C)C)cn23)c1.[Cl-]. The van der Waals surface area contributed by atoms with Crippen molar-refractivity contribution in [3.63, 3.8) is 0 Å². The lowest BCUT2D eigenvalue weighted by atomic mass is 9.92. The summed E-state index contributed by atoms with van der Waals surface area (Å²) >= 11 is 0. The Kier molecular flexibility index (Phi) is 6.38. The molecule has 0 unspecified atom stereocenters. The number of aromatic nitrogens is 2. The molecule has 0 aliphatic carbocycles. The van der Waals surface area contributed by atoms with E-state index in [0.29, 0.717) is 11.8 Å². The van der Waals surface area contributed by atoms with Gasteiger partial charge in [0, 0.05) is 16.7 Å². The zero-order chi connectivity index (χ0) is 20.7. The summed E-state index contributed by atoms with van der Waals surface area (Å²) in [5.74, 6) is 0.941. The first-order chi connectivity index (χ1) is 13.8. The van der Waals surface area contributed by atoms with E-state index in [1.165, 1.54) is 44.7 Å². The van der Waals surface area contributed by atoms with Crippen molar-refractivity contribution in [3.8, 4) is 16.9 Å². The van der Waals surface area contributed by atoms with Crippen molar-refractivity contribution in [1.29, 1.82) is 0 Å². The molecule has 0 saturated carbocycles. The summed E-state index contributed by atoms with van der Waals surface area (Å²) in [5, 5.41) is 0. The van der Waals surface area contributed by atoms with Crippen LogP contribution in [0.1, 0.15) is 61.8 Å². The highest BCUT2D eigenvalue weighted by Gasteiger charge is 2.22. The molecule has 0 radical (unpaired) electrons. The van der Waals surface area contributed by atoms with Crippen LogP contribution >= 0.6 is 0 Å². The van der Waals surface area contributed by atoms with Gasteiger partial charge < -0.3 is 12.4 Å². The molecule has 0 fully saturated rings.